The van der Waals surface area contributed by atoms with Gasteiger partial charge in [-0.05, 0) is 33.2 Å². The van der Waals surface area contributed by atoms with Crippen LogP contribution in [-0.4, -0.2) is 37.5 Å². The Bertz CT molecular complexity index is 1380. The van der Waals surface area contributed by atoms with Crippen LogP contribution in [0.2, 0.25) is 5.04 Å². The average Bonchev–Trinajstić information content (AvgIpc) is 3.02. The van der Waals surface area contributed by atoms with Crippen LogP contribution in [0.1, 0.15) is 49.9 Å². The zero-order valence-corrected chi connectivity index (χ0v) is 27.1. The molecule has 2 amide bonds. The summed E-state index contributed by atoms with van der Waals surface area (Å²) in [7, 11) is -1.01. The molecule has 0 radical (unpaired) electrons. The largest absolute Gasteiger partial charge is 0.359 e. The summed E-state index contributed by atoms with van der Waals surface area (Å²) in [6.45, 7) is 9.03. The van der Waals surface area contributed by atoms with Crippen LogP contribution in [0.15, 0.2) is 121 Å². The van der Waals surface area contributed by atoms with Gasteiger partial charge in [0, 0.05) is 0 Å². The summed E-state index contributed by atoms with van der Waals surface area (Å²) >= 11 is 1.78. The first-order chi connectivity index (χ1) is 20.2. The number of β-lactam (4-membered cyclic amide) rings is 1. The molecule has 5 rings (SSSR count). The highest BCUT2D eigenvalue weighted by Crippen LogP contribution is 2.53. The number of rotatable bonds is 11. The molecule has 0 aromatic heterocycles. The Morgan fingerprint density at radius 2 is 1.21 bits per heavy atom. The van der Waals surface area contributed by atoms with Crippen LogP contribution in [-0.2, 0) is 20.8 Å². The molecule has 216 valence electrons. The highest BCUT2D eigenvalue weighted by Gasteiger charge is 2.54. The van der Waals surface area contributed by atoms with Crippen molar-refractivity contribution in [3.05, 3.63) is 144 Å². The molecule has 0 spiro atoms. The molecule has 1 aliphatic rings. The van der Waals surface area contributed by atoms with E-state index in [1.54, 1.807) is 11.8 Å². The second-order valence-electron chi connectivity index (χ2n) is 12.1. The van der Waals surface area contributed by atoms with Crippen LogP contribution < -0.4 is 5.32 Å². The predicted molar refractivity (Wildman–Crippen MR) is 177 cm³/mol. The number of hydrogen-bond acceptors (Lipinski definition) is 3. The van der Waals surface area contributed by atoms with Gasteiger partial charge in [-0.3, -0.25) is 9.59 Å². The second-order valence-corrected chi connectivity index (χ2v) is 16.3. The molecule has 0 saturated carbocycles. The minimum Gasteiger partial charge on any atom is -0.359 e. The van der Waals surface area contributed by atoms with Gasteiger partial charge in [-0.25, -0.2) is 0 Å². The molecule has 0 aliphatic carbocycles. The highest BCUT2D eigenvalue weighted by molar-refractivity contribution is 8.01. The van der Waals surface area contributed by atoms with Gasteiger partial charge in [0.05, 0.1) is 11.2 Å². The zero-order valence-electron chi connectivity index (χ0n) is 24.9. The Labute approximate surface area is 256 Å². The van der Waals surface area contributed by atoms with E-state index >= 15 is 0 Å². The molecule has 1 saturated heterocycles. The molecule has 2 atom stereocenters. The third-order valence-electron chi connectivity index (χ3n) is 8.64. The Morgan fingerprint density at radius 1 is 0.786 bits per heavy atom. The third-order valence-corrected chi connectivity index (χ3v) is 13.4. The molecule has 1 N–H and O–H groups in total. The van der Waals surface area contributed by atoms with Crippen molar-refractivity contribution in [3.8, 4) is 0 Å². The number of hydrogen-bond donors (Lipinski definition) is 1. The normalized spacial score (nSPS) is 17.5. The van der Waals surface area contributed by atoms with Crippen molar-refractivity contribution in [2.75, 3.05) is 0 Å². The van der Waals surface area contributed by atoms with Gasteiger partial charge in [-0.2, -0.15) is 0 Å². The van der Waals surface area contributed by atoms with E-state index in [0.29, 0.717) is 5.92 Å². The summed E-state index contributed by atoms with van der Waals surface area (Å²) in [4.78, 5) is 27.2. The molecule has 1 heterocycles. The summed E-state index contributed by atoms with van der Waals surface area (Å²) in [6, 6.07) is 40.8. The van der Waals surface area contributed by atoms with Crippen molar-refractivity contribution in [2.45, 2.75) is 55.3 Å². The topological polar surface area (TPSA) is 49.4 Å². The Balaban J connectivity index is 1.59. The van der Waals surface area contributed by atoms with Crippen molar-refractivity contribution < 1.29 is 9.59 Å². The smallest absolute Gasteiger partial charge is 0.240 e. The lowest BCUT2D eigenvalue weighted by molar-refractivity contribution is -0.142. The van der Waals surface area contributed by atoms with E-state index in [0.717, 1.165) is 22.3 Å². The lowest BCUT2D eigenvalue weighted by atomic mass is 9.84. The highest BCUT2D eigenvalue weighted by atomic mass is 32.2. The predicted octanol–water partition coefficient (Wildman–Crippen LogP) is 6.55. The van der Waals surface area contributed by atoms with Gasteiger partial charge >= 0.3 is 0 Å². The average molecular weight is 593 g/mol. The standard InChI is InChI=1S/C36H40N2O2SSi/c1-26(2)35(3,4)42-38-33(40)32(37-31(39)25-27-17-9-5-10-18-27)34(38)41-36(28-19-11-6-12-20-28,29-21-13-7-14-22-29)30-23-15-8-16-24-30/h5-24,26,32,34H,25,42H2,1-4H3,(H,37,39). The van der Waals surface area contributed by atoms with E-state index in [-0.39, 0.29) is 28.6 Å². The van der Waals surface area contributed by atoms with Gasteiger partial charge in [-0.1, -0.05) is 149 Å². The van der Waals surface area contributed by atoms with Crippen LogP contribution in [0, 0.1) is 5.92 Å². The van der Waals surface area contributed by atoms with Crippen LogP contribution in [0.3, 0.4) is 0 Å². The number of carbonyl (C=O) groups excluding carboxylic acids is 2. The van der Waals surface area contributed by atoms with Crippen molar-refractivity contribution in [1.82, 2.24) is 9.88 Å². The van der Waals surface area contributed by atoms with Gasteiger partial charge in [0.15, 0.2) is 0 Å². The number of thioether (sulfide) groups is 1. The zero-order chi connectivity index (χ0) is 29.7. The van der Waals surface area contributed by atoms with Gasteiger partial charge in [-0.15, -0.1) is 11.8 Å². The molecule has 4 nitrogen and oxygen atoms in total. The second kappa shape index (κ2) is 12.7. The fraction of sp³-hybridized carbons (Fsp3) is 0.278. The molecule has 6 heteroatoms. The maximum Gasteiger partial charge on any atom is 0.240 e. The molecule has 4 aromatic rings. The molecule has 0 bridgehead atoms. The van der Waals surface area contributed by atoms with Crippen LogP contribution >= 0.6 is 11.8 Å². The number of benzene rings is 4. The number of carbonyl (C=O) groups is 2. The lowest BCUT2D eigenvalue weighted by Crippen LogP contribution is -2.72. The molecule has 1 fully saturated rings. The fourth-order valence-corrected chi connectivity index (χ4v) is 9.65. The van der Waals surface area contributed by atoms with Gasteiger partial charge in [0.25, 0.3) is 0 Å². The maximum atomic E-state index is 13.9. The van der Waals surface area contributed by atoms with Gasteiger partial charge in [0.1, 0.15) is 21.1 Å². The lowest BCUT2D eigenvalue weighted by Gasteiger charge is -2.53. The summed E-state index contributed by atoms with van der Waals surface area (Å²) in [5.74, 6) is 0.355. The Morgan fingerprint density at radius 3 is 1.64 bits per heavy atom. The fourth-order valence-electron chi connectivity index (χ4n) is 5.49. The van der Waals surface area contributed by atoms with Crippen molar-refractivity contribution >= 4 is 33.3 Å². The molecule has 42 heavy (non-hydrogen) atoms. The summed E-state index contributed by atoms with van der Waals surface area (Å²) in [6.07, 6.45) is 0.248. The van der Waals surface area contributed by atoms with Crippen molar-refractivity contribution in [2.24, 2.45) is 5.92 Å². The first-order valence-corrected chi connectivity index (χ1v) is 16.9. The maximum absolute atomic E-state index is 13.9. The van der Waals surface area contributed by atoms with E-state index in [1.165, 1.54) is 0 Å². The minimum atomic E-state index is -1.01. The molecule has 2 unspecified atom stereocenters. The summed E-state index contributed by atoms with van der Waals surface area (Å²) in [5, 5.41) is 3.00. The number of nitrogens with one attached hydrogen (secondary N) is 1. The summed E-state index contributed by atoms with van der Waals surface area (Å²) in [5.41, 5.74) is 4.37. The Kier molecular flexibility index (Phi) is 9.04. The SMILES string of the molecule is CC(C)C(C)(C)[SiH2]N1C(=O)C(NC(=O)Cc2ccccc2)C1SC(c1ccccc1)(c1ccccc1)c1ccccc1. The third kappa shape index (κ3) is 6.11. The van der Waals surface area contributed by atoms with Crippen LogP contribution in [0.5, 0.6) is 0 Å². The van der Waals surface area contributed by atoms with Crippen LogP contribution in [0.25, 0.3) is 0 Å². The van der Waals surface area contributed by atoms with E-state index in [2.05, 4.69) is 110 Å². The van der Waals surface area contributed by atoms with Crippen LogP contribution in [0.4, 0.5) is 0 Å². The van der Waals surface area contributed by atoms with E-state index in [4.69, 9.17) is 0 Å². The molecule has 1 aliphatic heterocycles. The monoisotopic (exact) mass is 592 g/mol. The molecule has 4 aromatic carbocycles. The van der Waals surface area contributed by atoms with Gasteiger partial charge in [0.2, 0.25) is 11.8 Å². The van der Waals surface area contributed by atoms with E-state index < -0.39 is 20.5 Å². The van der Waals surface area contributed by atoms with Gasteiger partial charge < -0.3 is 9.88 Å². The van der Waals surface area contributed by atoms with E-state index in [9.17, 15) is 9.59 Å². The quantitative estimate of drug-likeness (QED) is 0.122. The minimum absolute atomic E-state index is 0.0392. The summed E-state index contributed by atoms with van der Waals surface area (Å²) < 4.78 is 1.54. The molecular weight excluding hydrogens is 553 g/mol. The van der Waals surface area contributed by atoms with E-state index in [1.807, 2.05) is 48.5 Å². The first-order valence-electron chi connectivity index (χ1n) is 14.7. The Hall–Kier alpha value is -3.61. The first kappa shape index (κ1) is 29.9. The number of amides is 2. The molecular formula is C36H40N2O2SSi. The van der Waals surface area contributed by atoms with Crippen molar-refractivity contribution in [1.29, 1.82) is 0 Å². The van der Waals surface area contributed by atoms with Crippen molar-refractivity contribution in [3.63, 3.8) is 0 Å². The number of nitrogens with zero attached hydrogens (tertiary/aromatic N) is 1.